The molecule has 0 fully saturated rings. The van der Waals surface area contributed by atoms with Crippen LogP contribution in [0.5, 0.6) is 5.75 Å². The maximum Gasteiger partial charge on any atom is 0.291 e. The first-order valence-corrected chi connectivity index (χ1v) is 11.4. The topological polar surface area (TPSA) is 92.6 Å². The second-order valence-electron chi connectivity index (χ2n) is 7.70. The number of carbonyl (C=O) groups is 2. The van der Waals surface area contributed by atoms with Crippen LogP contribution < -0.4 is 20.7 Å². The highest BCUT2D eigenvalue weighted by atomic mass is 16.5. The molecule has 0 spiro atoms. The molecule has 0 bridgehead atoms. The minimum Gasteiger partial charge on any atom is -0.494 e. The van der Waals surface area contributed by atoms with E-state index in [1.165, 1.54) is 31.9 Å². The molecule has 0 saturated carbocycles. The molecule has 0 radical (unpaired) electrons. The van der Waals surface area contributed by atoms with Gasteiger partial charge in [0, 0.05) is 17.1 Å². The van der Waals surface area contributed by atoms with E-state index < -0.39 is 0 Å². The summed E-state index contributed by atoms with van der Waals surface area (Å²) in [7, 11) is 0. The third kappa shape index (κ3) is 8.37. The predicted molar refractivity (Wildman–Crippen MR) is 131 cm³/mol. The molecule has 174 valence electrons. The van der Waals surface area contributed by atoms with Crippen LogP contribution in [-0.4, -0.2) is 25.0 Å². The van der Waals surface area contributed by atoms with Gasteiger partial charge in [-0.05, 0) is 61.0 Å². The lowest BCUT2D eigenvalue weighted by atomic mass is 10.2. The Hall–Kier alpha value is -3.74. The van der Waals surface area contributed by atoms with Gasteiger partial charge in [0.2, 0.25) is 5.91 Å². The molecule has 2 amide bonds. The first-order valence-electron chi connectivity index (χ1n) is 11.4. The molecule has 33 heavy (non-hydrogen) atoms. The van der Waals surface area contributed by atoms with Crippen molar-refractivity contribution in [3.8, 4) is 5.75 Å². The highest BCUT2D eigenvalue weighted by molar-refractivity contribution is 6.02. The summed E-state index contributed by atoms with van der Waals surface area (Å²) in [5, 5.41) is 8.65. The second-order valence-corrected chi connectivity index (χ2v) is 7.70. The Morgan fingerprint density at radius 1 is 0.848 bits per heavy atom. The van der Waals surface area contributed by atoms with Crippen LogP contribution in [0, 0.1) is 0 Å². The molecule has 1 aromatic heterocycles. The van der Waals surface area contributed by atoms with Gasteiger partial charge in [-0.1, -0.05) is 38.7 Å². The van der Waals surface area contributed by atoms with Gasteiger partial charge in [-0.2, -0.15) is 0 Å². The Morgan fingerprint density at radius 2 is 1.61 bits per heavy atom. The van der Waals surface area contributed by atoms with Gasteiger partial charge in [0.1, 0.15) is 5.75 Å². The molecule has 7 nitrogen and oxygen atoms in total. The van der Waals surface area contributed by atoms with Gasteiger partial charge < -0.3 is 25.1 Å². The largest absolute Gasteiger partial charge is 0.494 e. The van der Waals surface area contributed by atoms with Crippen LogP contribution >= 0.6 is 0 Å². The molecular weight excluding hydrogens is 418 g/mol. The molecule has 0 unspecified atom stereocenters. The molecule has 3 N–H and O–H groups in total. The molecule has 3 rings (SSSR count). The normalized spacial score (nSPS) is 10.5. The molecule has 0 aliphatic rings. The van der Waals surface area contributed by atoms with Crippen LogP contribution in [0.4, 0.5) is 17.1 Å². The lowest BCUT2D eigenvalue weighted by molar-refractivity contribution is -0.114. The monoisotopic (exact) mass is 449 g/mol. The fourth-order valence-electron chi connectivity index (χ4n) is 3.23. The van der Waals surface area contributed by atoms with Crippen molar-refractivity contribution in [1.82, 2.24) is 0 Å². The minimum absolute atomic E-state index is 0.112. The highest BCUT2D eigenvalue weighted by Crippen LogP contribution is 2.18. The first kappa shape index (κ1) is 23.9. The first-order chi connectivity index (χ1) is 16.1. The second kappa shape index (κ2) is 13.0. The lowest BCUT2D eigenvalue weighted by Gasteiger charge is -2.10. The molecule has 0 aliphatic carbocycles. The van der Waals surface area contributed by atoms with E-state index in [0.29, 0.717) is 11.4 Å². The number of hydrogen-bond acceptors (Lipinski definition) is 5. The van der Waals surface area contributed by atoms with E-state index in [0.717, 1.165) is 24.5 Å². The van der Waals surface area contributed by atoms with Crippen LogP contribution in [0.2, 0.25) is 0 Å². The van der Waals surface area contributed by atoms with Crippen molar-refractivity contribution in [2.24, 2.45) is 0 Å². The summed E-state index contributed by atoms with van der Waals surface area (Å²) in [6.07, 6.45) is 7.48. The summed E-state index contributed by atoms with van der Waals surface area (Å²) in [5.74, 6) is 0.497. The number of benzene rings is 2. The number of nitrogens with one attached hydrogen (secondary N) is 3. The fraction of sp³-hybridized carbons (Fsp3) is 0.308. The van der Waals surface area contributed by atoms with E-state index in [1.807, 2.05) is 24.3 Å². The van der Waals surface area contributed by atoms with Crippen LogP contribution in [0.3, 0.4) is 0 Å². The van der Waals surface area contributed by atoms with Gasteiger partial charge in [-0.25, -0.2) is 0 Å². The summed E-state index contributed by atoms with van der Waals surface area (Å²) in [6.45, 7) is 3.04. The highest BCUT2D eigenvalue weighted by Gasteiger charge is 2.09. The van der Waals surface area contributed by atoms with Crippen LogP contribution in [0.1, 0.15) is 49.6 Å². The zero-order valence-electron chi connectivity index (χ0n) is 18.9. The van der Waals surface area contributed by atoms with Crippen molar-refractivity contribution in [3.05, 3.63) is 72.7 Å². The molecule has 0 aliphatic heterocycles. The third-order valence-electron chi connectivity index (χ3n) is 4.97. The van der Waals surface area contributed by atoms with E-state index in [9.17, 15) is 9.59 Å². The van der Waals surface area contributed by atoms with Gasteiger partial charge in [-0.15, -0.1) is 0 Å². The maximum absolute atomic E-state index is 12.3. The minimum atomic E-state index is -0.353. The molecular formula is C26H31N3O4. The number of amides is 2. The number of rotatable bonds is 13. The average Bonchev–Trinajstić information content (AvgIpc) is 3.36. The van der Waals surface area contributed by atoms with Gasteiger partial charge in [0.25, 0.3) is 5.91 Å². The van der Waals surface area contributed by atoms with Crippen molar-refractivity contribution in [2.45, 2.75) is 39.0 Å². The quantitative estimate of drug-likeness (QED) is 0.281. The number of hydrogen-bond donors (Lipinski definition) is 3. The van der Waals surface area contributed by atoms with Crippen molar-refractivity contribution in [3.63, 3.8) is 0 Å². The Morgan fingerprint density at radius 3 is 2.33 bits per heavy atom. The summed E-state index contributed by atoms with van der Waals surface area (Å²) < 4.78 is 10.8. The van der Waals surface area contributed by atoms with E-state index in [2.05, 4.69) is 22.9 Å². The fourth-order valence-corrected chi connectivity index (χ4v) is 3.23. The molecule has 3 aromatic rings. The summed E-state index contributed by atoms with van der Waals surface area (Å²) in [4.78, 5) is 24.4. The van der Waals surface area contributed by atoms with E-state index >= 15 is 0 Å². The Labute approximate surface area is 194 Å². The number of ether oxygens (including phenoxy) is 1. The number of furan rings is 1. The van der Waals surface area contributed by atoms with Gasteiger partial charge >= 0.3 is 0 Å². The molecule has 0 saturated heterocycles. The summed E-state index contributed by atoms with van der Waals surface area (Å²) in [5.41, 5.74) is 1.98. The molecule has 7 heteroatoms. The number of anilines is 3. The van der Waals surface area contributed by atoms with Crippen molar-refractivity contribution in [2.75, 3.05) is 29.1 Å². The van der Waals surface area contributed by atoms with Crippen LogP contribution in [0.15, 0.2) is 71.3 Å². The van der Waals surface area contributed by atoms with Gasteiger partial charge in [0.15, 0.2) is 5.76 Å². The van der Waals surface area contributed by atoms with Gasteiger partial charge in [-0.3, -0.25) is 9.59 Å². The molecule has 2 aromatic carbocycles. The van der Waals surface area contributed by atoms with Crippen molar-refractivity contribution < 1.29 is 18.7 Å². The van der Waals surface area contributed by atoms with E-state index in [4.69, 9.17) is 9.15 Å². The smallest absolute Gasteiger partial charge is 0.291 e. The zero-order valence-corrected chi connectivity index (χ0v) is 18.9. The standard InChI is InChI=1S/C26H31N3O4/c1-2-3-4-5-6-16-32-23-14-12-20(13-15-23)27-19-25(30)28-21-9-7-10-22(18-21)29-26(31)24-11-8-17-33-24/h7-15,17-18,27H,2-6,16,19H2,1H3,(H,28,30)(H,29,31). The van der Waals surface area contributed by atoms with Crippen LogP contribution in [-0.2, 0) is 4.79 Å². The van der Waals surface area contributed by atoms with Crippen molar-refractivity contribution in [1.29, 1.82) is 0 Å². The van der Waals surface area contributed by atoms with Crippen LogP contribution in [0.25, 0.3) is 0 Å². The summed E-state index contributed by atoms with van der Waals surface area (Å²) in [6, 6.07) is 17.8. The number of unbranched alkanes of at least 4 members (excludes halogenated alkanes) is 4. The molecule has 0 atom stereocenters. The zero-order chi connectivity index (χ0) is 23.3. The average molecular weight is 450 g/mol. The van der Waals surface area contributed by atoms with E-state index in [1.54, 1.807) is 36.4 Å². The Balaban J connectivity index is 1.40. The predicted octanol–water partition coefficient (Wildman–Crippen LogP) is 5.93. The maximum atomic E-state index is 12.3. The lowest BCUT2D eigenvalue weighted by Crippen LogP contribution is -2.21. The SMILES string of the molecule is CCCCCCCOc1ccc(NCC(=O)Nc2cccc(NC(=O)c3ccco3)c2)cc1. The summed E-state index contributed by atoms with van der Waals surface area (Å²) >= 11 is 0. The molecule has 1 heterocycles. The number of carbonyl (C=O) groups excluding carboxylic acids is 2. The third-order valence-corrected chi connectivity index (χ3v) is 4.97. The van der Waals surface area contributed by atoms with E-state index in [-0.39, 0.29) is 24.1 Å². The van der Waals surface area contributed by atoms with Crippen molar-refractivity contribution >= 4 is 28.9 Å². The Kier molecular flexibility index (Phi) is 9.39. The van der Waals surface area contributed by atoms with Gasteiger partial charge in [0.05, 0.1) is 19.4 Å². The Bertz CT molecular complexity index is 1000.